The number of benzene rings is 3. The standard InChI is InChI=1S/C36H44N2O6/c1-9-43-30-18-25(16-17-29(30)44-20(2)3)31-32(34(40)37-26-14-10-12-21(4)23(26)6)28(39)19-36(8,42)33(31)35(41)38-27-15-11-13-22(5)24(27)7/h10-18,20,31-33,42H,9,19H2,1-8H3,(H,37,40)(H,38,41). The summed E-state index contributed by atoms with van der Waals surface area (Å²) >= 11 is 0. The van der Waals surface area contributed by atoms with Gasteiger partial charge in [-0.3, -0.25) is 14.4 Å². The summed E-state index contributed by atoms with van der Waals surface area (Å²) in [6.45, 7) is 15.2. The maximum Gasteiger partial charge on any atom is 0.235 e. The van der Waals surface area contributed by atoms with Crippen molar-refractivity contribution < 1.29 is 29.0 Å². The molecule has 8 heteroatoms. The number of carbonyl (C=O) groups is 3. The van der Waals surface area contributed by atoms with Crippen molar-refractivity contribution in [1.29, 1.82) is 0 Å². The van der Waals surface area contributed by atoms with Crippen LogP contribution in [0.1, 0.15) is 67.9 Å². The van der Waals surface area contributed by atoms with Crippen LogP contribution in [0.3, 0.4) is 0 Å². The molecule has 1 aliphatic carbocycles. The van der Waals surface area contributed by atoms with Crippen LogP contribution in [0.2, 0.25) is 0 Å². The van der Waals surface area contributed by atoms with Gasteiger partial charge in [-0.05, 0) is 107 Å². The van der Waals surface area contributed by atoms with Crippen LogP contribution in [0, 0.1) is 39.5 Å². The lowest BCUT2D eigenvalue weighted by Gasteiger charge is -2.44. The summed E-state index contributed by atoms with van der Waals surface area (Å²) in [5.41, 5.74) is 3.73. The first-order valence-corrected chi connectivity index (χ1v) is 15.2. The van der Waals surface area contributed by atoms with Crippen molar-refractivity contribution in [3.05, 3.63) is 82.4 Å². The fraction of sp³-hybridized carbons (Fsp3) is 0.417. The molecule has 0 spiro atoms. The van der Waals surface area contributed by atoms with Crippen molar-refractivity contribution in [2.75, 3.05) is 17.2 Å². The molecular formula is C36H44N2O6. The van der Waals surface area contributed by atoms with Crippen LogP contribution in [0.4, 0.5) is 11.4 Å². The predicted molar refractivity (Wildman–Crippen MR) is 172 cm³/mol. The van der Waals surface area contributed by atoms with Gasteiger partial charge in [0.25, 0.3) is 0 Å². The highest BCUT2D eigenvalue weighted by Gasteiger charge is 2.56. The van der Waals surface area contributed by atoms with Gasteiger partial charge in [0, 0.05) is 23.7 Å². The first-order chi connectivity index (χ1) is 20.7. The highest BCUT2D eigenvalue weighted by Crippen LogP contribution is 2.48. The Hall–Kier alpha value is -4.17. The number of Topliss-reactive ketones (excluding diaryl/α,β-unsaturated/α-hetero) is 1. The number of aliphatic hydroxyl groups is 1. The van der Waals surface area contributed by atoms with Gasteiger partial charge in [0.05, 0.1) is 24.2 Å². The highest BCUT2D eigenvalue weighted by atomic mass is 16.5. The number of amides is 2. The van der Waals surface area contributed by atoms with E-state index in [1.54, 1.807) is 30.3 Å². The molecule has 1 aliphatic rings. The summed E-state index contributed by atoms with van der Waals surface area (Å²) in [4.78, 5) is 42.1. The molecule has 0 bridgehead atoms. The number of rotatable bonds is 9. The van der Waals surface area contributed by atoms with Crippen LogP contribution >= 0.6 is 0 Å². The van der Waals surface area contributed by atoms with Crippen molar-refractivity contribution >= 4 is 29.0 Å². The number of carbonyl (C=O) groups excluding carboxylic acids is 3. The number of hydrogen-bond acceptors (Lipinski definition) is 6. The summed E-state index contributed by atoms with van der Waals surface area (Å²) in [6, 6.07) is 16.4. The number of aryl methyl sites for hydroxylation is 2. The van der Waals surface area contributed by atoms with E-state index in [0.29, 0.717) is 35.0 Å². The summed E-state index contributed by atoms with van der Waals surface area (Å²) in [7, 11) is 0. The molecule has 3 N–H and O–H groups in total. The molecule has 1 fully saturated rings. The lowest BCUT2D eigenvalue weighted by molar-refractivity contribution is -0.150. The average Bonchev–Trinajstić information content (AvgIpc) is 2.93. The minimum Gasteiger partial charge on any atom is -0.490 e. The minimum absolute atomic E-state index is 0.121. The van der Waals surface area contributed by atoms with Crippen molar-refractivity contribution in [2.45, 2.75) is 79.4 Å². The molecule has 234 valence electrons. The maximum atomic E-state index is 14.2. The lowest BCUT2D eigenvalue weighted by Crippen LogP contribution is -2.56. The van der Waals surface area contributed by atoms with E-state index in [-0.39, 0.29) is 12.5 Å². The third-order valence-electron chi connectivity index (χ3n) is 8.57. The molecule has 3 aromatic rings. The summed E-state index contributed by atoms with van der Waals surface area (Å²) < 4.78 is 11.9. The molecule has 0 aliphatic heterocycles. The van der Waals surface area contributed by atoms with Gasteiger partial charge in [0.1, 0.15) is 11.7 Å². The van der Waals surface area contributed by atoms with Crippen molar-refractivity contribution in [1.82, 2.24) is 0 Å². The van der Waals surface area contributed by atoms with E-state index in [2.05, 4.69) is 10.6 Å². The Bertz CT molecular complexity index is 1560. The fourth-order valence-electron chi connectivity index (χ4n) is 6.04. The van der Waals surface area contributed by atoms with Gasteiger partial charge in [-0.2, -0.15) is 0 Å². The largest absolute Gasteiger partial charge is 0.490 e. The molecule has 4 atom stereocenters. The molecule has 8 nitrogen and oxygen atoms in total. The number of ketones is 1. The third kappa shape index (κ3) is 6.81. The van der Waals surface area contributed by atoms with E-state index in [1.807, 2.05) is 72.7 Å². The second-order valence-electron chi connectivity index (χ2n) is 12.3. The van der Waals surface area contributed by atoms with Gasteiger partial charge in [-0.15, -0.1) is 0 Å². The van der Waals surface area contributed by atoms with Crippen LogP contribution in [0.25, 0.3) is 0 Å². The Balaban J connectivity index is 1.86. The van der Waals surface area contributed by atoms with Crippen LogP contribution in [-0.2, 0) is 14.4 Å². The Labute approximate surface area is 260 Å². The number of nitrogens with one attached hydrogen (secondary N) is 2. The molecule has 44 heavy (non-hydrogen) atoms. The first kappa shape index (κ1) is 32.7. The third-order valence-corrected chi connectivity index (χ3v) is 8.57. The monoisotopic (exact) mass is 600 g/mol. The summed E-state index contributed by atoms with van der Waals surface area (Å²) in [5, 5.41) is 17.7. The molecule has 1 saturated carbocycles. The van der Waals surface area contributed by atoms with E-state index < -0.39 is 41.0 Å². The van der Waals surface area contributed by atoms with E-state index in [9.17, 15) is 19.5 Å². The zero-order chi connectivity index (χ0) is 32.3. The molecule has 2 amide bonds. The smallest absolute Gasteiger partial charge is 0.235 e. The fourth-order valence-corrected chi connectivity index (χ4v) is 6.04. The van der Waals surface area contributed by atoms with Crippen molar-refractivity contribution in [3.8, 4) is 11.5 Å². The molecule has 3 aromatic carbocycles. The number of hydrogen-bond donors (Lipinski definition) is 3. The van der Waals surface area contributed by atoms with Gasteiger partial charge in [0.2, 0.25) is 11.8 Å². The Morgan fingerprint density at radius 3 is 2.02 bits per heavy atom. The molecule has 4 unspecified atom stereocenters. The zero-order valence-corrected chi connectivity index (χ0v) is 26.9. The van der Waals surface area contributed by atoms with Crippen LogP contribution < -0.4 is 20.1 Å². The van der Waals surface area contributed by atoms with Gasteiger partial charge in [-0.25, -0.2) is 0 Å². The highest BCUT2D eigenvalue weighted by molar-refractivity contribution is 6.10. The van der Waals surface area contributed by atoms with E-state index >= 15 is 0 Å². The van der Waals surface area contributed by atoms with E-state index in [1.165, 1.54) is 6.92 Å². The Kier molecular flexibility index (Phi) is 9.84. The SMILES string of the molecule is CCOc1cc(C2C(C(=O)Nc3cccc(C)c3C)C(=O)CC(C)(O)C2C(=O)Nc2cccc(C)c2C)ccc1OC(C)C. The van der Waals surface area contributed by atoms with E-state index in [0.717, 1.165) is 22.3 Å². The topological polar surface area (TPSA) is 114 Å². The van der Waals surface area contributed by atoms with Crippen LogP contribution in [0.15, 0.2) is 54.6 Å². The molecule has 0 heterocycles. The van der Waals surface area contributed by atoms with Gasteiger partial charge in [0.15, 0.2) is 11.5 Å². The number of ether oxygens (including phenoxy) is 2. The molecular weight excluding hydrogens is 556 g/mol. The predicted octanol–water partition coefficient (Wildman–Crippen LogP) is 6.42. The lowest BCUT2D eigenvalue weighted by atomic mass is 9.61. The summed E-state index contributed by atoms with van der Waals surface area (Å²) in [5.74, 6) is -3.93. The molecule has 0 saturated heterocycles. The van der Waals surface area contributed by atoms with Crippen molar-refractivity contribution in [2.24, 2.45) is 11.8 Å². The Morgan fingerprint density at radius 1 is 0.909 bits per heavy atom. The molecule has 4 rings (SSSR count). The van der Waals surface area contributed by atoms with Gasteiger partial charge in [-0.1, -0.05) is 30.3 Å². The average molecular weight is 601 g/mol. The maximum absolute atomic E-state index is 14.2. The van der Waals surface area contributed by atoms with Gasteiger partial charge < -0.3 is 25.2 Å². The number of anilines is 2. The van der Waals surface area contributed by atoms with Crippen LogP contribution in [0.5, 0.6) is 11.5 Å². The molecule has 0 aromatic heterocycles. The second-order valence-corrected chi connectivity index (χ2v) is 12.3. The van der Waals surface area contributed by atoms with Crippen molar-refractivity contribution in [3.63, 3.8) is 0 Å². The second kappa shape index (κ2) is 13.2. The quantitative estimate of drug-likeness (QED) is 0.244. The Morgan fingerprint density at radius 2 is 1.48 bits per heavy atom. The van der Waals surface area contributed by atoms with Gasteiger partial charge >= 0.3 is 0 Å². The summed E-state index contributed by atoms with van der Waals surface area (Å²) in [6.07, 6.45) is -0.476. The minimum atomic E-state index is -1.74. The van der Waals surface area contributed by atoms with E-state index in [4.69, 9.17) is 9.47 Å². The van der Waals surface area contributed by atoms with Crippen LogP contribution in [-0.4, -0.2) is 41.0 Å². The first-order valence-electron chi connectivity index (χ1n) is 15.2. The molecule has 0 radical (unpaired) electrons. The zero-order valence-electron chi connectivity index (χ0n) is 26.9. The normalized spacial score (nSPS) is 21.6.